The highest BCUT2D eigenvalue weighted by molar-refractivity contribution is 7.92. The lowest BCUT2D eigenvalue weighted by atomic mass is 10.0. The first-order valence-corrected chi connectivity index (χ1v) is 15.4. The second-order valence-corrected chi connectivity index (χ2v) is 13.4. The number of hydrogen-bond donors (Lipinski definition) is 1. The van der Waals surface area contributed by atoms with Crippen molar-refractivity contribution in [2.24, 2.45) is 0 Å². The number of carbonyl (C=O) groups is 2. The second kappa shape index (κ2) is 13.4. The number of rotatable bonds is 11. The van der Waals surface area contributed by atoms with E-state index < -0.39 is 34.1 Å². The van der Waals surface area contributed by atoms with Gasteiger partial charge in [0.05, 0.1) is 19.1 Å². The quantitative estimate of drug-likeness (QED) is 0.335. The van der Waals surface area contributed by atoms with Gasteiger partial charge in [-0.2, -0.15) is 0 Å². The van der Waals surface area contributed by atoms with Crippen LogP contribution in [0.25, 0.3) is 0 Å². The summed E-state index contributed by atoms with van der Waals surface area (Å²) in [5.41, 5.74) is 2.24. The molecular weight excluding hydrogens is 562 g/mol. The van der Waals surface area contributed by atoms with Crippen LogP contribution in [0.2, 0.25) is 5.02 Å². The summed E-state index contributed by atoms with van der Waals surface area (Å²) in [6.45, 7) is 7.09. The van der Waals surface area contributed by atoms with Crippen molar-refractivity contribution in [2.75, 3.05) is 24.2 Å². The van der Waals surface area contributed by atoms with E-state index in [9.17, 15) is 18.0 Å². The van der Waals surface area contributed by atoms with Gasteiger partial charge >= 0.3 is 0 Å². The number of halogens is 1. The zero-order valence-electron chi connectivity index (χ0n) is 24.3. The minimum absolute atomic E-state index is 0.0971. The van der Waals surface area contributed by atoms with Crippen LogP contribution in [0.1, 0.15) is 37.5 Å². The lowest BCUT2D eigenvalue weighted by molar-refractivity contribution is -0.140. The fourth-order valence-electron chi connectivity index (χ4n) is 4.47. The van der Waals surface area contributed by atoms with Gasteiger partial charge in [-0.1, -0.05) is 71.8 Å². The van der Waals surface area contributed by atoms with Crippen molar-refractivity contribution in [3.05, 3.63) is 94.5 Å². The molecule has 0 saturated carbocycles. The molecule has 0 heterocycles. The largest absolute Gasteiger partial charge is 0.495 e. The van der Waals surface area contributed by atoms with Gasteiger partial charge in [-0.15, -0.1) is 0 Å². The maximum Gasteiger partial charge on any atom is 0.244 e. The van der Waals surface area contributed by atoms with E-state index in [1.807, 2.05) is 82.3 Å². The zero-order valence-corrected chi connectivity index (χ0v) is 25.9. The lowest BCUT2D eigenvalue weighted by Crippen LogP contribution is -2.56. The Balaban J connectivity index is 2.12. The number of sulfonamides is 1. The number of methoxy groups -OCH3 is 1. The van der Waals surface area contributed by atoms with E-state index in [4.69, 9.17) is 16.3 Å². The molecule has 8 nitrogen and oxygen atoms in total. The van der Waals surface area contributed by atoms with Gasteiger partial charge in [0.1, 0.15) is 18.3 Å². The van der Waals surface area contributed by atoms with Crippen LogP contribution in [-0.4, -0.2) is 56.6 Å². The van der Waals surface area contributed by atoms with E-state index in [-0.39, 0.29) is 35.3 Å². The molecule has 3 aromatic rings. The van der Waals surface area contributed by atoms with Gasteiger partial charge in [-0.25, -0.2) is 8.42 Å². The van der Waals surface area contributed by atoms with Crippen LogP contribution in [0.5, 0.6) is 5.75 Å². The molecule has 0 spiro atoms. The summed E-state index contributed by atoms with van der Waals surface area (Å²) in [4.78, 5) is 29.5. The van der Waals surface area contributed by atoms with Gasteiger partial charge in [0.25, 0.3) is 0 Å². The van der Waals surface area contributed by atoms with Gasteiger partial charge < -0.3 is 15.0 Å². The maximum atomic E-state index is 14.2. The summed E-state index contributed by atoms with van der Waals surface area (Å²) in [5.74, 6) is -0.651. The number of benzene rings is 3. The Morgan fingerprint density at radius 3 is 2.22 bits per heavy atom. The third-order valence-electron chi connectivity index (χ3n) is 6.29. The van der Waals surface area contributed by atoms with Crippen LogP contribution < -0.4 is 14.4 Å². The fourth-order valence-corrected chi connectivity index (χ4v) is 5.48. The summed E-state index contributed by atoms with van der Waals surface area (Å²) < 4.78 is 32.4. The highest BCUT2D eigenvalue weighted by Gasteiger charge is 2.35. The van der Waals surface area contributed by atoms with Crippen molar-refractivity contribution >= 4 is 39.1 Å². The highest BCUT2D eigenvalue weighted by Crippen LogP contribution is 2.33. The number of carbonyl (C=O) groups excluding carboxylic acids is 2. The Hall–Kier alpha value is -3.56. The molecular formula is C31H38ClN3O5S. The standard InChI is InChI=1S/C31H38ClN3O5S/c1-22-11-10-14-24(17-22)20-34(27(30(37)33-31(2,3)4)18-23-12-8-7-9-13-23)29(36)21-35(41(6,38)39)26-19-25(32)15-16-28(26)40-5/h7-17,19,27H,18,20-21H2,1-6H3,(H,33,37)/t27-/m0/s1. The van der Waals surface area contributed by atoms with Gasteiger partial charge in [0, 0.05) is 23.5 Å². The Morgan fingerprint density at radius 2 is 1.63 bits per heavy atom. The first-order chi connectivity index (χ1) is 19.2. The second-order valence-electron chi connectivity index (χ2n) is 11.0. The fraction of sp³-hybridized carbons (Fsp3) is 0.355. The number of hydrogen-bond acceptors (Lipinski definition) is 5. The summed E-state index contributed by atoms with van der Waals surface area (Å²) in [7, 11) is -2.55. The van der Waals surface area contributed by atoms with Crippen LogP contribution in [0.15, 0.2) is 72.8 Å². The molecule has 0 fully saturated rings. The Morgan fingerprint density at radius 1 is 0.976 bits per heavy atom. The van der Waals surface area contributed by atoms with Crippen molar-refractivity contribution in [1.29, 1.82) is 0 Å². The van der Waals surface area contributed by atoms with E-state index in [1.165, 1.54) is 18.1 Å². The van der Waals surface area contributed by atoms with Gasteiger partial charge in [-0.05, 0) is 57.0 Å². The van der Waals surface area contributed by atoms with Crippen molar-refractivity contribution in [3.63, 3.8) is 0 Å². The molecule has 3 rings (SSSR count). The number of aryl methyl sites for hydroxylation is 1. The topological polar surface area (TPSA) is 96.0 Å². The van der Waals surface area contributed by atoms with Crippen LogP contribution >= 0.6 is 11.6 Å². The molecule has 3 aromatic carbocycles. The highest BCUT2D eigenvalue weighted by atomic mass is 35.5. The Kier molecular flexibility index (Phi) is 10.4. The van der Waals surface area contributed by atoms with Crippen molar-refractivity contribution in [1.82, 2.24) is 10.2 Å². The molecule has 220 valence electrons. The minimum Gasteiger partial charge on any atom is -0.495 e. The van der Waals surface area contributed by atoms with Crippen LogP contribution in [0.3, 0.4) is 0 Å². The van der Waals surface area contributed by atoms with E-state index in [0.717, 1.165) is 27.3 Å². The zero-order chi connectivity index (χ0) is 30.4. The first kappa shape index (κ1) is 32.0. The smallest absolute Gasteiger partial charge is 0.244 e. The minimum atomic E-state index is -3.96. The SMILES string of the molecule is COc1ccc(Cl)cc1N(CC(=O)N(Cc1cccc(C)c1)[C@@H](Cc1ccccc1)C(=O)NC(C)(C)C)S(C)(=O)=O. The van der Waals surface area contributed by atoms with E-state index in [1.54, 1.807) is 12.1 Å². The summed E-state index contributed by atoms with van der Waals surface area (Å²) in [6, 6.07) is 20.7. The number of amides is 2. The molecule has 0 radical (unpaired) electrons. The molecule has 0 bridgehead atoms. The predicted molar refractivity (Wildman–Crippen MR) is 164 cm³/mol. The molecule has 0 aliphatic carbocycles. The van der Waals surface area contributed by atoms with Crippen molar-refractivity contribution in [3.8, 4) is 5.75 Å². The Labute approximate surface area is 248 Å². The summed E-state index contributed by atoms with van der Waals surface area (Å²) >= 11 is 6.21. The summed E-state index contributed by atoms with van der Waals surface area (Å²) in [5, 5.41) is 3.29. The van der Waals surface area contributed by atoms with E-state index in [0.29, 0.717) is 0 Å². The molecule has 41 heavy (non-hydrogen) atoms. The van der Waals surface area contributed by atoms with Crippen molar-refractivity contribution < 1.29 is 22.7 Å². The number of anilines is 1. The predicted octanol–water partition coefficient (Wildman–Crippen LogP) is 4.98. The number of nitrogens with one attached hydrogen (secondary N) is 1. The average Bonchev–Trinajstić information content (AvgIpc) is 2.88. The molecule has 0 unspecified atom stereocenters. The van der Waals surface area contributed by atoms with E-state index >= 15 is 0 Å². The first-order valence-electron chi connectivity index (χ1n) is 13.2. The number of nitrogens with zero attached hydrogens (tertiary/aromatic N) is 2. The average molecular weight is 600 g/mol. The molecule has 0 aliphatic rings. The molecule has 2 amide bonds. The number of ether oxygens (including phenoxy) is 1. The van der Waals surface area contributed by atoms with E-state index in [2.05, 4.69) is 5.32 Å². The molecule has 1 atom stereocenters. The van der Waals surface area contributed by atoms with Gasteiger partial charge in [0.2, 0.25) is 21.8 Å². The third kappa shape index (κ3) is 9.23. The molecule has 0 aliphatic heterocycles. The third-order valence-corrected chi connectivity index (χ3v) is 7.66. The molecule has 1 N–H and O–H groups in total. The molecule has 0 aromatic heterocycles. The lowest BCUT2D eigenvalue weighted by Gasteiger charge is -2.35. The maximum absolute atomic E-state index is 14.2. The summed E-state index contributed by atoms with van der Waals surface area (Å²) in [6.07, 6.45) is 1.25. The van der Waals surface area contributed by atoms with Crippen LogP contribution in [0, 0.1) is 6.92 Å². The van der Waals surface area contributed by atoms with Gasteiger partial charge in [-0.3, -0.25) is 13.9 Å². The molecule has 0 saturated heterocycles. The van der Waals surface area contributed by atoms with Crippen LogP contribution in [-0.2, 0) is 32.6 Å². The monoisotopic (exact) mass is 599 g/mol. The van der Waals surface area contributed by atoms with Crippen LogP contribution in [0.4, 0.5) is 5.69 Å². The normalized spacial score (nSPS) is 12.4. The van der Waals surface area contributed by atoms with Gasteiger partial charge in [0.15, 0.2) is 0 Å². The van der Waals surface area contributed by atoms with Crippen molar-refractivity contribution in [2.45, 2.75) is 52.2 Å². The Bertz CT molecular complexity index is 1470. The molecule has 10 heteroatoms.